The van der Waals surface area contributed by atoms with Crippen molar-refractivity contribution >= 4 is 37.5 Å². The average molecular weight is 309 g/mol. The van der Waals surface area contributed by atoms with E-state index in [4.69, 9.17) is 0 Å². The fraction of sp³-hybridized carbons (Fsp3) is 0.400. The Hall–Kier alpha value is -0.000000000000000111. The Kier molecular flexibility index (Phi) is 5.15. The van der Waals surface area contributed by atoms with E-state index in [1.807, 2.05) is 24.3 Å². The summed E-state index contributed by atoms with van der Waals surface area (Å²) in [4.78, 5) is 1.10. The molecule has 0 fully saturated rings. The summed E-state index contributed by atoms with van der Waals surface area (Å²) < 4.78 is 23.5. The van der Waals surface area contributed by atoms with Gasteiger partial charge in [0.15, 0.2) is 9.84 Å². The Morgan fingerprint density at radius 3 is 2.40 bits per heavy atom. The smallest absolute Gasteiger partial charge is 0.150 e. The zero-order valence-corrected chi connectivity index (χ0v) is 11.7. The third-order valence-corrected chi connectivity index (χ3v) is 5.42. The molecule has 2 nitrogen and oxygen atoms in total. The first-order valence-electron chi connectivity index (χ1n) is 4.62. The lowest BCUT2D eigenvalue weighted by molar-refractivity contribution is 0.599. The van der Waals surface area contributed by atoms with Gasteiger partial charge < -0.3 is 0 Å². The molecule has 1 rings (SSSR count). The highest BCUT2D eigenvalue weighted by Crippen LogP contribution is 2.20. The molecule has 0 bridgehead atoms. The van der Waals surface area contributed by atoms with Crippen LogP contribution in [0.5, 0.6) is 0 Å². The highest BCUT2D eigenvalue weighted by atomic mass is 79.9. The van der Waals surface area contributed by atoms with Crippen LogP contribution in [0.4, 0.5) is 0 Å². The van der Waals surface area contributed by atoms with E-state index in [1.54, 1.807) is 18.7 Å². The molecule has 0 aliphatic carbocycles. The summed E-state index contributed by atoms with van der Waals surface area (Å²) >= 11 is 4.92. The Balaban J connectivity index is 2.42. The van der Waals surface area contributed by atoms with Gasteiger partial charge >= 0.3 is 0 Å². The van der Waals surface area contributed by atoms with E-state index in [9.17, 15) is 8.42 Å². The van der Waals surface area contributed by atoms with Gasteiger partial charge in [-0.1, -0.05) is 22.9 Å². The monoisotopic (exact) mass is 308 g/mol. The largest absolute Gasteiger partial charge is 0.229 e. The van der Waals surface area contributed by atoms with Gasteiger partial charge in [0, 0.05) is 20.9 Å². The summed E-state index contributed by atoms with van der Waals surface area (Å²) in [5, 5.41) is 0. The number of hydrogen-bond acceptors (Lipinski definition) is 3. The molecule has 84 valence electrons. The van der Waals surface area contributed by atoms with Crippen LogP contribution in [0.2, 0.25) is 0 Å². The number of thioether (sulfide) groups is 1. The maximum absolute atomic E-state index is 11.2. The Morgan fingerprint density at radius 2 is 1.87 bits per heavy atom. The van der Waals surface area contributed by atoms with Crippen molar-refractivity contribution in [2.75, 3.05) is 17.3 Å². The standard InChI is InChI=1S/C10H13BrO2S2/c1-2-15(12,13)8-7-14-10-5-3-9(11)4-6-10/h3-6H,2,7-8H2,1H3. The van der Waals surface area contributed by atoms with Crippen molar-refractivity contribution in [1.29, 1.82) is 0 Å². The van der Waals surface area contributed by atoms with E-state index in [2.05, 4.69) is 15.9 Å². The van der Waals surface area contributed by atoms with Crippen LogP contribution < -0.4 is 0 Å². The Labute approximate surface area is 104 Å². The van der Waals surface area contributed by atoms with E-state index in [-0.39, 0.29) is 11.5 Å². The summed E-state index contributed by atoms with van der Waals surface area (Å²) in [6, 6.07) is 7.87. The van der Waals surface area contributed by atoms with Gasteiger partial charge in [0.25, 0.3) is 0 Å². The molecule has 0 aromatic heterocycles. The lowest BCUT2D eigenvalue weighted by Gasteiger charge is -2.02. The number of halogens is 1. The van der Waals surface area contributed by atoms with E-state index in [0.717, 1.165) is 9.37 Å². The molecule has 1 aromatic carbocycles. The van der Waals surface area contributed by atoms with Gasteiger partial charge in [0.1, 0.15) is 0 Å². The molecule has 0 saturated heterocycles. The van der Waals surface area contributed by atoms with Crippen molar-refractivity contribution in [3.63, 3.8) is 0 Å². The third-order valence-electron chi connectivity index (χ3n) is 1.92. The minimum absolute atomic E-state index is 0.230. The van der Waals surface area contributed by atoms with E-state index >= 15 is 0 Å². The van der Waals surface area contributed by atoms with Crippen LogP contribution >= 0.6 is 27.7 Å². The van der Waals surface area contributed by atoms with Crippen LogP contribution in [-0.4, -0.2) is 25.7 Å². The first-order chi connectivity index (χ1) is 7.03. The van der Waals surface area contributed by atoms with E-state index in [1.165, 1.54) is 0 Å². The van der Waals surface area contributed by atoms with Crippen molar-refractivity contribution in [1.82, 2.24) is 0 Å². The van der Waals surface area contributed by atoms with Gasteiger partial charge in [-0.05, 0) is 24.3 Å². The van der Waals surface area contributed by atoms with Crippen molar-refractivity contribution in [3.8, 4) is 0 Å². The lowest BCUT2D eigenvalue weighted by Crippen LogP contribution is -2.10. The van der Waals surface area contributed by atoms with Crippen LogP contribution in [0.15, 0.2) is 33.6 Å². The molecule has 0 heterocycles. The molecule has 15 heavy (non-hydrogen) atoms. The second-order valence-corrected chi connectivity index (χ2v) is 7.60. The topological polar surface area (TPSA) is 34.1 Å². The van der Waals surface area contributed by atoms with Crippen LogP contribution in [0.25, 0.3) is 0 Å². The quantitative estimate of drug-likeness (QED) is 0.784. The van der Waals surface area contributed by atoms with Crippen LogP contribution in [0.1, 0.15) is 6.92 Å². The molecule has 0 atom stereocenters. The molecular formula is C10H13BrO2S2. The zero-order chi connectivity index (χ0) is 11.3. The van der Waals surface area contributed by atoms with Gasteiger partial charge in [-0.3, -0.25) is 0 Å². The van der Waals surface area contributed by atoms with Gasteiger partial charge in [-0.2, -0.15) is 0 Å². The average Bonchev–Trinajstić information content (AvgIpc) is 2.21. The summed E-state index contributed by atoms with van der Waals surface area (Å²) in [6.45, 7) is 1.68. The summed E-state index contributed by atoms with van der Waals surface area (Å²) in [6.07, 6.45) is 0. The molecule has 0 aliphatic rings. The SMILES string of the molecule is CCS(=O)(=O)CCSc1ccc(Br)cc1. The van der Waals surface area contributed by atoms with Gasteiger partial charge in [-0.25, -0.2) is 8.42 Å². The molecule has 1 aromatic rings. The van der Waals surface area contributed by atoms with E-state index < -0.39 is 9.84 Å². The Bertz CT molecular complexity index is 398. The van der Waals surface area contributed by atoms with Crippen LogP contribution in [0, 0.1) is 0 Å². The zero-order valence-electron chi connectivity index (χ0n) is 8.44. The molecule has 0 amide bonds. The number of rotatable bonds is 5. The fourth-order valence-corrected chi connectivity index (χ4v) is 3.43. The highest BCUT2D eigenvalue weighted by Gasteiger charge is 2.06. The first kappa shape index (κ1) is 13.1. The van der Waals surface area contributed by atoms with Crippen molar-refractivity contribution in [2.45, 2.75) is 11.8 Å². The lowest BCUT2D eigenvalue weighted by atomic mass is 10.4. The summed E-state index contributed by atoms with van der Waals surface area (Å²) in [5.41, 5.74) is 0. The summed E-state index contributed by atoms with van der Waals surface area (Å²) in [7, 11) is -2.83. The molecule has 0 unspecified atom stereocenters. The summed E-state index contributed by atoms with van der Waals surface area (Å²) in [5.74, 6) is 1.11. The third kappa shape index (κ3) is 5.04. The number of hydrogen-bond donors (Lipinski definition) is 0. The van der Waals surface area contributed by atoms with Crippen molar-refractivity contribution < 1.29 is 8.42 Å². The molecule has 0 radical (unpaired) electrons. The van der Waals surface area contributed by atoms with Crippen LogP contribution in [-0.2, 0) is 9.84 Å². The minimum Gasteiger partial charge on any atom is -0.229 e. The second kappa shape index (κ2) is 5.92. The molecule has 0 N–H and O–H groups in total. The number of sulfone groups is 1. The first-order valence-corrected chi connectivity index (χ1v) is 8.22. The van der Waals surface area contributed by atoms with Gasteiger partial charge in [0.05, 0.1) is 5.75 Å². The Morgan fingerprint density at radius 1 is 1.27 bits per heavy atom. The van der Waals surface area contributed by atoms with Crippen LogP contribution in [0.3, 0.4) is 0 Å². The van der Waals surface area contributed by atoms with Gasteiger partial charge in [-0.15, -0.1) is 11.8 Å². The van der Waals surface area contributed by atoms with E-state index in [0.29, 0.717) is 5.75 Å². The molecule has 0 aliphatic heterocycles. The minimum atomic E-state index is -2.83. The predicted molar refractivity (Wildman–Crippen MR) is 69.2 cm³/mol. The molecule has 5 heteroatoms. The fourth-order valence-electron chi connectivity index (χ4n) is 0.962. The highest BCUT2D eigenvalue weighted by molar-refractivity contribution is 9.10. The molecule has 0 spiro atoms. The number of benzene rings is 1. The maximum atomic E-state index is 11.2. The maximum Gasteiger partial charge on any atom is 0.150 e. The second-order valence-electron chi connectivity index (χ2n) is 3.04. The predicted octanol–water partition coefficient (Wildman–Crippen LogP) is 2.98. The van der Waals surface area contributed by atoms with Crippen molar-refractivity contribution in [3.05, 3.63) is 28.7 Å². The normalized spacial score (nSPS) is 11.6. The molecular weight excluding hydrogens is 296 g/mol. The molecule has 0 saturated carbocycles. The van der Waals surface area contributed by atoms with Gasteiger partial charge in [0.2, 0.25) is 0 Å². The van der Waals surface area contributed by atoms with Crippen molar-refractivity contribution in [2.24, 2.45) is 0 Å².